The van der Waals surface area contributed by atoms with Crippen molar-refractivity contribution >= 4 is 11.7 Å². The summed E-state index contributed by atoms with van der Waals surface area (Å²) in [5, 5.41) is 7.37. The van der Waals surface area contributed by atoms with Crippen LogP contribution in [0.25, 0.3) is 0 Å². The normalized spacial score (nSPS) is 28.3. The Morgan fingerprint density at radius 3 is 2.89 bits per heavy atom. The van der Waals surface area contributed by atoms with Crippen LogP contribution >= 0.6 is 0 Å². The zero-order valence-corrected chi connectivity index (χ0v) is 11.4. The van der Waals surface area contributed by atoms with E-state index >= 15 is 0 Å². The van der Waals surface area contributed by atoms with Crippen molar-refractivity contribution in [2.24, 2.45) is 17.6 Å². The lowest BCUT2D eigenvalue weighted by molar-refractivity contribution is -0.119. The second-order valence-electron chi connectivity index (χ2n) is 6.00. The molecule has 3 atom stereocenters. The molecule has 0 radical (unpaired) electrons. The molecule has 3 N–H and O–H groups in total. The predicted molar refractivity (Wildman–Crippen MR) is 73.6 cm³/mol. The Morgan fingerprint density at radius 1 is 1.47 bits per heavy atom. The van der Waals surface area contributed by atoms with Gasteiger partial charge >= 0.3 is 0 Å². The first kappa shape index (κ1) is 12.7. The molecular formula is C14H22N4O. The highest BCUT2D eigenvalue weighted by Gasteiger charge is 2.32. The van der Waals surface area contributed by atoms with Crippen LogP contribution in [0.5, 0.6) is 0 Å². The number of nitrogens with zero attached hydrogens (tertiary/aromatic N) is 2. The summed E-state index contributed by atoms with van der Waals surface area (Å²) in [6.45, 7) is 2.17. The van der Waals surface area contributed by atoms with E-state index in [1.165, 1.54) is 12.8 Å². The largest absolute Gasteiger partial charge is 0.328 e. The highest BCUT2D eigenvalue weighted by atomic mass is 16.2. The lowest BCUT2D eigenvalue weighted by Crippen LogP contribution is -2.25. The number of anilines is 1. The van der Waals surface area contributed by atoms with Gasteiger partial charge < -0.3 is 11.1 Å². The van der Waals surface area contributed by atoms with E-state index in [0.717, 1.165) is 31.0 Å². The lowest BCUT2D eigenvalue weighted by Gasteiger charge is -2.17. The molecule has 1 heterocycles. The number of carbonyl (C=O) groups is 1. The molecule has 2 aliphatic carbocycles. The molecule has 0 aliphatic heterocycles. The maximum absolute atomic E-state index is 12.2. The fourth-order valence-electron chi connectivity index (χ4n) is 3.00. The van der Waals surface area contributed by atoms with Crippen molar-refractivity contribution < 1.29 is 4.79 Å². The molecule has 0 aromatic carbocycles. The molecule has 2 saturated carbocycles. The molecule has 2 aliphatic rings. The van der Waals surface area contributed by atoms with Gasteiger partial charge in [0, 0.05) is 18.0 Å². The molecule has 0 spiro atoms. The van der Waals surface area contributed by atoms with Crippen molar-refractivity contribution in [3.05, 3.63) is 12.3 Å². The quantitative estimate of drug-likeness (QED) is 0.870. The SMILES string of the molecule is CC(C1CC1)n1nccc1NC(=O)C1CCC(N)C1. The van der Waals surface area contributed by atoms with Crippen LogP contribution in [0.3, 0.4) is 0 Å². The second-order valence-corrected chi connectivity index (χ2v) is 6.00. The van der Waals surface area contributed by atoms with Crippen LogP contribution in [0, 0.1) is 11.8 Å². The maximum Gasteiger partial charge on any atom is 0.228 e. The monoisotopic (exact) mass is 262 g/mol. The van der Waals surface area contributed by atoms with Gasteiger partial charge in [0.05, 0.1) is 12.2 Å². The summed E-state index contributed by atoms with van der Waals surface area (Å²) >= 11 is 0. The Labute approximate surface area is 113 Å². The van der Waals surface area contributed by atoms with Gasteiger partial charge in [0.1, 0.15) is 5.82 Å². The number of amides is 1. The zero-order chi connectivity index (χ0) is 13.4. The first-order valence-corrected chi connectivity index (χ1v) is 7.25. The average Bonchev–Trinajstić information content (AvgIpc) is 2.99. The maximum atomic E-state index is 12.2. The van der Waals surface area contributed by atoms with Crippen molar-refractivity contribution in [3.63, 3.8) is 0 Å². The molecular weight excluding hydrogens is 240 g/mol. The summed E-state index contributed by atoms with van der Waals surface area (Å²) in [5.41, 5.74) is 5.86. The fraction of sp³-hybridized carbons (Fsp3) is 0.714. The first-order chi connectivity index (χ1) is 9.15. The van der Waals surface area contributed by atoms with Gasteiger partial charge in [-0.25, -0.2) is 4.68 Å². The van der Waals surface area contributed by atoms with Gasteiger partial charge in [0.15, 0.2) is 0 Å². The average molecular weight is 262 g/mol. The van der Waals surface area contributed by atoms with Gasteiger partial charge in [0.2, 0.25) is 5.91 Å². The minimum Gasteiger partial charge on any atom is -0.328 e. The van der Waals surface area contributed by atoms with Gasteiger partial charge in [-0.15, -0.1) is 0 Å². The molecule has 0 bridgehead atoms. The second kappa shape index (κ2) is 4.96. The van der Waals surface area contributed by atoms with Crippen LogP contribution in [-0.4, -0.2) is 21.7 Å². The number of nitrogens with one attached hydrogen (secondary N) is 1. The Bertz CT molecular complexity index is 466. The summed E-state index contributed by atoms with van der Waals surface area (Å²) in [4.78, 5) is 12.2. The topological polar surface area (TPSA) is 72.9 Å². The summed E-state index contributed by atoms with van der Waals surface area (Å²) < 4.78 is 1.95. The number of hydrogen-bond acceptors (Lipinski definition) is 3. The summed E-state index contributed by atoms with van der Waals surface area (Å²) in [7, 11) is 0. The molecule has 1 aromatic heterocycles. The van der Waals surface area contributed by atoms with Crippen molar-refractivity contribution in [1.82, 2.24) is 9.78 Å². The minimum atomic E-state index is 0.0644. The first-order valence-electron chi connectivity index (χ1n) is 7.25. The Morgan fingerprint density at radius 2 is 2.26 bits per heavy atom. The van der Waals surface area contributed by atoms with E-state index in [-0.39, 0.29) is 17.9 Å². The third-order valence-corrected chi connectivity index (χ3v) is 4.46. The third kappa shape index (κ3) is 2.66. The third-order valence-electron chi connectivity index (χ3n) is 4.46. The van der Waals surface area contributed by atoms with Crippen molar-refractivity contribution in [1.29, 1.82) is 0 Å². The molecule has 19 heavy (non-hydrogen) atoms. The van der Waals surface area contributed by atoms with Gasteiger partial charge in [-0.3, -0.25) is 4.79 Å². The van der Waals surface area contributed by atoms with Crippen molar-refractivity contribution in [2.45, 2.75) is 51.1 Å². The van der Waals surface area contributed by atoms with Crippen LogP contribution < -0.4 is 11.1 Å². The van der Waals surface area contributed by atoms with E-state index in [2.05, 4.69) is 17.3 Å². The number of nitrogens with two attached hydrogens (primary N) is 1. The highest BCUT2D eigenvalue weighted by Crippen LogP contribution is 2.40. The van der Waals surface area contributed by atoms with E-state index in [1.54, 1.807) is 6.20 Å². The number of rotatable bonds is 4. The van der Waals surface area contributed by atoms with Crippen LogP contribution in [0.1, 0.15) is 45.1 Å². The van der Waals surface area contributed by atoms with Gasteiger partial charge in [-0.2, -0.15) is 5.10 Å². The van der Waals surface area contributed by atoms with Crippen LogP contribution in [0.4, 0.5) is 5.82 Å². The van der Waals surface area contributed by atoms with E-state index in [9.17, 15) is 4.79 Å². The van der Waals surface area contributed by atoms with Crippen molar-refractivity contribution in [3.8, 4) is 0 Å². The van der Waals surface area contributed by atoms with Crippen LogP contribution in [0.15, 0.2) is 12.3 Å². The Kier molecular flexibility index (Phi) is 3.31. The van der Waals surface area contributed by atoms with Gasteiger partial charge in [-0.05, 0) is 44.9 Å². The fourth-order valence-corrected chi connectivity index (χ4v) is 3.00. The Hall–Kier alpha value is -1.36. The summed E-state index contributed by atoms with van der Waals surface area (Å²) in [6, 6.07) is 2.44. The molecule has 1 aromatic rings. The molecule has 1 amide bonds. The van der Waals surface area contributed by atoms with E-state index in [0.29, 0.717) is 6.04 Å². The van der Waals surface area contributed by atoms with Crippen LogP contribution in [0.2, 0.25) is 0 Å². The van der Waals surface area contributed by atoms with Crippen LogP contribution in [-0.2, 0) is 4.79 Å². The predicted octanol–water partition coefficient (Wildman–Crippen LogP) is 1.92. The molecule has 2 fully saturated rings. The Balaban J connectivity index is 1.66. The lowest BCUT2D eigenvalue weighted by atomic mass is 10.1. The zero-order valence-electron chi connectivity index (χ0n) is 11.4. The smallest absolute Gasteiger partial charge is 0.228 e. The number of hydrogen-bond donors (Lipinski definition) is 2. The molecule has 104 valence electrons. The van der Waals surface area contributed by atoms with E-state index < -0.39 is 0 Å². The molecule has 5 nitrogen and oxygen atoms in total. The summed E-state index contributed by atoms with van der Waals surface area (Å²) in [6.07, 6.45) is 6.96. The molecule has 0 saturated heterocycles. The number of carbonyl (C=O) groups excluding carboxylic acids is 1. The standard InChI is InChI=1S/C14H22N4O/c1-9(10-2-3-10)18-13(6-7-16-18)17-14(19)11-4-5-12(15)8-11/h6-7,9-12H,2-5,8,15H2,1H3,(H,17,19). The minimum absolute atomic E-state index is 0.0644. The van der Waals surface area contributed by atoms with Gasteiger partial charge in [-0.1, -0.05) is 0 Å². The van der Waals surface area contributed by atoms with E-state index in [1.807, 2.05) is 10.7 Å². The van der Waals surface area contributed by atoms with Crippen molar-refractivity contribution in [2.75, 3.05) is 5.32 Å². The number of aromatic nitrogens is 2. The molecule has 5 heteroatoms. The highest BCUT2D eigenvalue weighted by molar-refractivity contribution is 5.92. The van der Waals surface area contributed by atoms with E-state index in [4.69, 9.17) is 5.73 Å². The molecule has 3 unspecified atom stereocenters. The molecule has 3 rings (SSSR count). The van der Waals surface area contributed by atoms with Gasteiger partial charge in [0.25, 0.3) is 0 Å². The summed E-state index contributed by atoms with van der Waals surface area (Å²) in [5.74, 6) is 1.70.